The molecular formula is C10H16N2O. The number of carbonyl (C=O) groups is 1. The molecular weight excluding hydrogens is 164 g/mol. The number of hydrogen-bond donors (Lipinski definition) is 1. The first-order valence-corrected chi connectivity index (χ1v) is 5.35. The van der Waals surface area contributed by atoms with Gasteiger partial charge in [-0.25, -0.2) is 0 Å². The van der Waals surface area contributed by atoms with Crippen molar-refractivity contribution in [2.24, 2.45) is 11.8 Å². The van der Waals surface area contributed by atoms with Gasteiger partial charge in [-0.2, -0.15) is 0 Å². The zero-order chi connectivity index (χ0) is 8.84. The van der Waals surface area contributed by atoms with Crippen LogP contribution in [0.4, 0.5) is 0 Å². The standard InChI is InChI=1S/C10H16N2O/c13-10(8-1-2-8)12-5-7-3-9(6-12)11-4-7/h7-9,11H,1-6H2/t7-,9+/m1/s1. The van der Waals surface area contributed by atoms with E-state index in [1.807, 2.05) is 0 Å². The number of nitrogens with zero attached hydrogens (tertiary/aromatic N) is 1. The smallest absolute Gasteiger partial charge is 0.225 e. The molecule has 3 rings (SSSR count). The minimum Gasteiger partial charge on any atom is -0.341 e. The molecule has 3 fully saturated rings. The quantitative estimate of drug-likeness (QED) is 0.626. The van der Waals surface area contributed by atoms with Crippen molar-refractivity contribution >= 4 is 5.91 Å². The maximum Gasteiger partial charge on any atom is 0.225 e. The summed E-state index contributed by atoms with van der Waals surface area (Å²) in [6.45, 7) is 3.10. The van der Waals surface area contributed by atoms with Crippen LogP contribution in [-0.4, -0.2) is 36.5 Å². The van der Waals surface area contributed by atoms with Gasteiger partial charge in [0.2, 0.25) is 5.91 Å². The Labute approximate surface area is 78.5 Å². The van der Waals surface area contributed by atoms with Crippen LogP contribution in [0.1, 0.15) is 19.3 Å². The van der Waals surface area contributed by atoms with Crippen LogP contribution in [0.15, 0.2) is 0 Å². The molecule has 0 aromatic carbocycles. The highest BCUT2D eigenvalue weighted by Crippen LogP contribution is 2.33. The molecule has 0 aromatic heterocycles. The van der Waals surface area contributed by atoms with E-state index in [0.717, 1.165) is 38.4 Å². The number of hydrogen-bond acceptors (Lipinski definition) is 2. The van der Waals surface area contributed by atoms with Gasteiger partial charge < -0.3 is 10.2 Å². The number of amides is 1. The average Bonchev–Trinajstić information content (AvgIpc) is 2.92. The molecule has 0 radical (unpaired) electrons. The molecule has 1 amide bonds. The summed E-state index contributed by atoms with van der Waals surface area (Å²) in [5.41, 5.74) is 0. The van der Waals surface area contributed by atoms with Gasteiger partial charge in [0.15, 0.2) is 0 Å². The normalized spacial score (nSPS) is 38.0. The molecule has 1 N–H and O–H groups in total. The second kappa shape index (κ2) is 2.71. The van der Waals surface area contributed by atoms with Gasteiger partial charge in [0.1, 0.15) is 0 Å². The van der Waals surface area contributed by atoms with Gasteiger partial charge in [0.05, 0.1) is 0 Å². The predicted molar refractivity (Wildman–Crippen MR) is 49.2 cm³/mol. The number of carbonyl (C=O) groups excluding carboxylic acids is 1. The predicted octanol–water partition coefficient (Wildman–Crippen LogP) is 0.217. The van der Waals surface area contributed by atoms with Gasteiger partial charge in [-0.3, -0.25) is 4.79 Å². The molecule has 0 unspecified atom stereocenters. The fraction of sp³-hybridized carbons (Fsp3) is 0.900. The number of piperidine rings is 1. The lowest BCUT2D eigenvalue weighted by molar-refractivity contribution is -0.134. The van der Waals surface area contributed by atoms with E-state index in [1.165, 1.54) is 6.42 Å². The summed E-state index contributed by atoms with van der Waals surface area (Å²) >= 11 is 0. The van der Waals surface area contributed by atoms with Gasteiger partial charge in [-0.05, 0) is 25.2 Å². The Morgan fingerprint density at radius 3 is 2.85 bits per heavy atom. The summed E-state index contributed by atoms with van der Waals surface area (Å²) in [4.78, 5) is 13.9. The summed E-state index contributed by atoms with van der Waals surface area (Å²) in [5, 5.41) is 3.47. The van der Waals surface area contributed by atoms with E-state index >= 15 is 0 Å². The van der Waals surface area contributed by atoms with E-state index in [4.69, 9.17) is 0 Å². The fourth-order valence-electron chi connectivity index (χ4n) is 2.60. The average molecular weight is 180 g/mol. The van der Waals surface area contributed by atoms with Gasteiger partial charge in [-0.1, -0.05) is 0 Å². The molecule has 3 nitrogen and oxygen atoms in total. The maximum absolute atomic E-state index is 11.8. The van der Waals surface area contributed by atoms with Crippen molar-refractivity contribution in [3.8, 4) is 0 Å². The first-order valence-electron chi connectivity index (χ1n) is 5.35. The van der Waals surface area contributed by atoms with Crippen LogP contribution in [0.25, 0.3) is 0 Å². The molecule has 1 aliphatic carbocycles. The second-order valence-electron chi connectivity index (χ2n) is 4.72. The molecule has 13 heavy (non-hydrogen) atoms. The molecule has 2 bridgehead atoms. The molecule has 2 saturated heterocycles. The molecule has 0 spiro atoms. The Morgan fingerprint density at radius 2 is 2.15 bits per heavy atom. The maximum atomic E-state index is 11.8. The van der Waals surface area contributed by atoms with E-state index in [1.54, 1.807) is 0 Å². The summed E-state index contributed by atoms with van der Waals surface area (Å²) in [7, 11) is 0. The molecule has 0 aromatic rings. The monoisotopic (exact) mass is 180 g/mol. The van der Waals surface area contributed by atoms with E-state index in [0.29, 0.717) is 17.9 Å². The number of rotatable bonds is 1. The van der Waals surface area contributed by atoms with Crippen LogP contribution in [0.5, 0.6) is 0 Å². The Kier molecular flexibility index (Phi) is 1.62. The molecule has 2 heterocycles. The summed E-state index contributed by atoms with van der Waals surface area (Å²) in [6.07, 6.45) is 3.56. The van der Waals surface area contributed by atoms with Crippen LogP contribution < -0.4 is 5.32 Å². The van der Waals surface area contributed by atoms with E-state index in [2.05, 4.69) is 10.2 Å². The third-order valence-electron chi connectivity index (χ3n) is 3.47. The highest BCUT2D eigenvalue weighted by Gasteiger charge is 2.39. The highest BCUT2D eigenvalue weighted by molar-refractivity contribution is 5.81. The van der Waals surface area contributed by atoms with Crippen molar-refractivity contribution in [1.82, 2.24) is 10.2 Å². The first kappa shape index (κ1) is 7.80. The molecule has 3 heteroatoms. The summed E-state index contributed by atoms with van der Waals surface area (Å²) in [6, 6.07) is 0.599. The Balaban J connectivity index is 1.68. The topological polar surface area (TPSA) is 32.3 Å². The first-order chi connectivity index (χ1) is 6.33. The minimum absolute atomic E-state index is 0.400. The van der Waals surface area contributed by atoms with E-state index in [9.17, 15) is 4.79 Å². The van der Waals surface area contributed by atoms with Gasteiger partial charge in [-0.15, -0.1) is 0 Å². The Hall–Kier alpha value is -0.570. The van der Waals surface area contributed by atoms with Crippen molar-refractivity contribution in [3.63, 3.8) is 0 Å². The number of fused-ring (bicyclic) bond motifs is 2. The van der Waals surface area contributed by atoms with Gasteiger partial charge in [0.25, 0.3) is 0 Å². The van der Waals surface area contributed by atoms with Crippen LogP contribution >= 0.6 is 0 Å². The van der Waals surface area contributed by atoms with Crippen LogP contribution in [-0.2, 0) is 4.79 Å². The van der Waals surface area contributed by atoms with Crippen LogP contribution in [0, 0.1) is 11.8 Å². The molecule has 72 valence electrons. The van der Waals surface area contributed by atoms with E-state index < -0.39 is 0 Å². The largest absolute Gasteiger partial charge is 0.341 e. The van der Waals surface area contributed by atoms with Crippen LogP contribution in [0.2, 0.25) is 0 Å². The Morgan fingerprint density at radius 1 is 1.31 bits per heavy atom. The Bertz CT molecular complexity index is 225. The van der Waals surface area contributed by atoms with Crippen molar-refractivity contribution in [3.05, 3.63) is 0 Å². The second-order valence-corrected chi connectivity index (χ2v) is 4.72. The zero-order valence-electron chi connectivity index (χ0n) is 7.83. The summed E-state index contributed by atoms with van der Waals surface area (Å²) in [5.74, 6) is 1.57. The SMILES string of the molecule is O=C(C1CC1)N1C[C@H]2CN[C@@H](C2)C1. The molecule has 2 aliphatic heterocycles. The van der Waals surface area contributed by atoms with Crippen molar-refractivity contribution in [1.29, 1.82) is 0 Å². The highest BCUT2D eigenvalue weighted by atomic mass is 16.2. The zero-order valence-corrected chi connectivity index (χ0v) is 7.83. The van der Waals surface area contributed by atoms with Crippen molar-refractivity contribution in [2.45, 2.75) is 25.3 Å². The lowest BCUT2D eigenvalue weighted by Gasteiger charge is -2.31. The fourth-order valence-corrected chi connectivity index (χ4v) is 2.60. The molecule has 1 saturated carbocycles. The third kappa shape index (κ3) is 1.35. The van der Waals surface area contributed by atoms with Gasteiger partial charge >= 0.3 is 0 Å². The molecule has 3 aliphatic rings. The minimum atomic E-state index is 0.400. The lowest BCUT2D eigenvalue weighted by Crippen LogP contribution is -2.45. The van der Waals surface area contributed by atoms with Crippen LogP contribution in [0.3, 0.4) is 0 Å². The summed E-state index contributed by atoms with van der Waals surface area (Å²) < 4.78 is 0. The van der Waals surface area contributed by atoms with E-state index in [-0.39, 0.29) is 0 Å². The molecule has 2 atom stereocenters. The lowest BCUT2D eigenvalue weighted by atomic mass is 10.00. The number of likely N-dealkylation sites (tertiary alicyclic amines) is 1. The van der Waals surface area contributed by atoms with Crippen molar-refractivity contribution in [2.75, 3.05) is 19.6 Å². The van der Waals surface area contributed by atoms with Crippen molar-refractivity contribution < 1.29 is 4.79 Å². The number of nitrogens with one attached hydrogen (secondary N) is 1. The van der Waals surface area contributed by atoms with Gasteiger partial charge in [0, 0.05) is 31.6 Å². The third-order valence-corrected chi connectivity index (χ3v) is 3.47.